The third kappa shape index (κ3) is 7.03. The summed E-state index contributed by atoms with van der Waals surface area (Å²) in [6, 6.07) is 4.83. The molecule has 0 saturated heterocycles. The van der Waals surface area contributed by atoms with Crippen LogP contribution in [0.1, 0.15) is 0 Å². The molecule has 0 saturated carbocycles. The molecule has 0 atom stereocenters. The van der Waals surface area contributed by atoms with Crippen molar-refractivity contribution >= 4 is 23.3 Å². The Labute approximate surface area is 126 Å². The second-order valence-electron chi connectivity index (χ2n) is 3.74. The van der Waals surface area contributed by atoms with Crippen molar-refractivity contribution in [3.8, 4) is 0 Å². The normalized spacial score (nSPS) is 9.18. The maximum Gasteiger partial charge on any atom is 0.251 e. The summed E-state index contributed by atoms with van der Waals surface area (Å²) < 4.78 is 0. The third-order valence-electron chi connectivity index (χ3n) is 2.10. The molecule has 0 bridgehead atoms. The first-order chi connectivity index (χ1) is 10.7. The first-order valence-electron chi connectivity index (χ1n) is 6.13. The minimum atomic E-state index is -0.538. The van der Waals surface area contributed by atoms with Gasteiger partial charge in [0.05, 0.1) is 0 Å². The molecule has 2 heterocycles. The summed E-state index contributed by atoms with van der Waals surface area (Å²) in [6.45, 7) is -1.04. The Hall–Kier alpha value is -2.91. The predicted molar refractivity (Wildman–Crippen MR) is 77.7 cm³/mol. The first kappa shape index (κ1) is 17.1. The van der Waals surface area contributed by atoms with Gasteiger partial charge in [0.1, 0.15) is 25.4 Å². The second-order valence-corrected chi connectivity index (χ2v) is 3.74. The number of nitrogens with one attached hydrogen (secondary N) is 2. The van der Waals surface area contributed by atoms with E-state index in [1.54, 1.807) is 24.5 Å². The van der Waals surface area contributed by atoms with Crippen LogP contribution < -0.4 is 10.6 Å². The van der Waals surface area contributed by atoms with Crippen molar-refractivity contribution in [3.63, 3.8) is 0 Å². The number of rotatable bonds is 4. The van der Waals surface area contributed by atoms with Crippen LogP contribution in [0.2, 0.25) is 0 Å². The zero-order chi connectivity index (χ0) is 16.2. The number of pyridine rings is 1. The molecule has 2 aromatic rings. The Morgan fingerprint density at radius 2 is 1.50 bits per heavy atom. The highest BCUT2D eigenvalue weighted by molar-refractivity contribution is 5.91. The quantitative estimate of drug-likeness (QED) is 0.593. The Morgan fingerprint density at radius 1 is 0.909 bits per heavy atom. The van der Waals surface area contributed by atoms with E-state index in [2.05, 4.69) is 25.6 Å². The van der Waals surface area contributed by atoms with E-state index in [0.717, 1.165) is 0 Å². The number of amides is 2. The number of anilines is 2. The highest BCUT2D eigenvalue weighted by Gasteiger charge is 1.98. The Kier molecular flexibility index (Phi) is 7.72. The van der Waals surface area contributed by atoms with Gasteiger partial charge in [0, 0.05) is 24.3 Å². The van der Waals surface area contributed by atoms with Gasteiger partial charge in [-0.2, -0.15) is 0 Å². The lowest BCUT2D eigenvalue weighted by Crippen LogP contribution is -2.16. The van der Waals surface area contributed by atoms with Crippen molar-refractivity contribution in [1.82, 2.24) is 15.0 Å². The molecule has 9 heteroatoms. The topological polar surface area (TPSA) is 137 Å². The number of aliphatic hydroxyl groups excluding tert-OH is 2. The zero-order valence-electron chi connectivity index (χ0n) is 11.5. The van der Waals surface area contributed by atoms with Crippen LogP contribution in [0.3, 0.4) is 0 Å². The summed E-state index contributed by atoms with van der Waals surface area (Å²) in [6.07, 6.45) is 5.94. The van der Waals surface area contributed by atoms with Crippen LogP contribution in [-0.2, 0) is 9.59 Å². The van der Waals surface area contributed by atoms with Crippen molar-refractivity contribution < 1.29 is 19.8 Å². The van der Waals surface area contributed by atoms with Crippen molar-refractivity contribution in [3.05, 3.63) is 43.1 Å². The fraction of sp³-hybridized carbons (Fsp3) is 0.154. The van der Waals surface area contributed by atoms with E-state index in [4.69, 9.17) is 10.2 Å². The molecule has 0 unspecified atom stereocenters. The summed E-state index contributed by atoms with van der Waals surface area (Å²) in [5, 5.41) is 21.5. The molecular weight excluding hydrogens is 290 g/mol. The highest BCUT2D eigenvalue weighted by Crippen LogP contribution is 2.01. The summed E-state index contributed by atoms with van der Waals surface area (Å²) in [5.74, 6) is -0.515. The van der Waals surface area contributed by atoms with E-state index in [1.165, 1.54) is 18.6 Å². The van der Waals surface area contributed by atoms with E-state index in [9.17, 15) is 9.59 Å². The van der Waals surface area contributed by atoms with E-state index < -0.39 is 25.0 Å². The molecule has 0 radical (unpaired) electrons. The van der Waals surface area contributed by atoms with Gasteiger partial charge >= 0.3 is 0 Å². The standard InChI is InChI=1S/C7H8N2O2.C6H7N3O2/c10-5-7(11)9-6-1-3-8-4-2-6;10-3-6(11)9-5-1-2-7-4-8-5/h1-4,10H,5H2,(H,8,9,11);1-2,4,10H,3H2,(H,7,8,9,11). The predicted octanol–water partition coefficient (Wildman–Crippen LogP) is -0.580. The van der Waals surface area contributed by atoms with Gasteiger partial charge in [-0.1, -0.05) is 0 Å². The van der Waals surface area contributed by atoms with Gasteiger partial charge in [0.15, 0.2) is 0 Å². The maximum atomic E-state index is 10.6. The largest absolute Gasteiger partial charge is 0.387 e. The number of hydrogen-bond donors (Lipinski definition) is 4. The molecule has 116 valence electrons. The molecular formula is C13H15N5O4. The van der Waals surface area contributed by atoms with Crippen LogP contribution in [-0.4, -0.2) is 50.2 Å². The van der Waals surface area contributed by atoms with Crippen molar-refractivity contribution in [1.29, 1.82) is 0 Å². The minimum absolute atomic E-state index is 0.388. The fourth-order valence-electron chi connectivity index (χ4n) is 1.18. The van der Waals surface area contributed by atoms with Crippen LogP contribution in [0.25, 0.3) is 0 Å². The molecule has 4 N–H and O–H groups in total. The Bertz CT molecular complexity index is 526. The van der Waals surface area contributed by atoms with Gasteiger partial charge in [0.2, 0.25) is 5.91 Å². The number of nitrogens with zero attached hydrogens (tertiary/aromatic N) is 3. The van der Waals surface area contributed by atoms with Gasteiger partial charge < -0.3 is 20.8 Å². The lowest BCUT2D eigenvalue weighted by molar-refractivity contribution is -0.119. The summed E-state index contributed by atoms with van der Waals surface area (Å²) in [7, 11) is 0. The van der Waals surface area contributed by atoms with Crippen LogP contribution >= 0.6 is 0 Å². The average Bonchev–Trinajstić information content (AvgIpc) is 2.57. The summed E-state index contributed by atoms with van der Waals surface area (Å²) in [5.41, 5.74) is 0.638. The first-order valence-corrected chi connectivity index (χ1v) is 6.13. The smallest absolute Gasteiger partial charge is 0.251 e. The lowest BCUT2D eigenvalue weighted by atomic mass is 10.4. The number of carbonyl (C=O) groups excluding carboxylic acids is 2. The van der Waals surface area contributed by atoms with E-state index >= 15 is 0 Å². The molecule has 9 nitrogen and oxygen atoms in total. The molecule has 0 aliphatic rings. The molecule has 2 aromatic heterocycles. The zero-order valence-corrected chi connectivity index (χ0v) is 11.5. The summed E-state index contributed by atoms with van der Waals surface area (Å²) in [4.78, 5) is 32.3. The fourth-order valence-corrected chi connectivity index (χ4v) is 1.18. The molecule has 0 aromatic carbocycles. The van der Waals surface area contributed by atoms with E-state index in [0.29, 0.717) is 11.5 Å². The second kappa shape index (κ2) is 9.91. The van der Waals surface area contributed by atoms with Crippen molar-refractivity contribution in [2.45, 2.75) is 0 Å². The molecule has 22 heavy (non-hydrogen) atoms. The number of carbonyl (C=O) groups is 2. The van der Waals surface area contributed by atoms with Crippen LogP contribution in [0.15, 0.2) is 43.1 Å². The van der Waals surface area contributed by atoms with Crippen LogP contribution in [0, 0.1) is 0 Å². The molecule has 0 spiro atoms. The minimum Gasteiger partial charge on any atom is -0.387 e. The highest BCUT2D eigenvalue weighted by atomic mass is 16.3. The van der Waals surface area contributed by atoms with Crippen molar-refractivity contribution in [2.75, 3.05) is 23.8 Å². The Morgan fingerprint density at radius 3 is 2.05 bits per heavy atom. The molecule has 2 rings (SSSR count). The summed E-state index contributed by atoms with van der Waals surface area (Å²) >= 11 is 0. The van der Waals surface area contributed by atoms with E-state index in [1.807, 2.05) is 0 Å². The molecule has 0 fully saturated rings. The van der Waals surface area contributed by atoms with E-state index in [-0.39, 0.29) is 0 Å². The Balaban J connectivity index is 0.000000220. The SMILES string of the molecule is O=C(CO)Nc1ccncc1.O=C(CO)Nc1ccncn1. The maximum absolute atomic E-state index is 10.6. The number of aromatic nitrogens is 3. The van der Waals surface area contributed by atoms with Gasteiger partial charge in [-0.3, -0.25) is 14.6 Å². The van der Waals surface area contributed by atoms with Crippen LogP contribution in [0.4, 0.5) is 11.5 Å². The van der Waals surface area contributed by atoms with Gasteiger partial charge in [-0.05, 0) is 18.2 Å². The molecule has 0 aliphatic heterocycles. The monoisotopic (exact) mass is 305 g/mol. The van der Waals surface area contributed by atoms with Gasteiger partial charge in [-0.15, -0.1) is 0 Å². The lowest BCUT2D eigenvalue weighted by Gasteiger charge is -1.99. The van der Waals surface area contributed by atoms with Crippen LogP contribution in [0.5, 0.6) is 0 Å². The number of aliphatic hydroxyl groups is 2. The number of hydrogen-bond acceptors (Lipinski definition) is 7. The van der Waals surface area contributed by atoms with Crippen molar-refractivity contribution in [2.24, 2.45) is 0 Å². The molecule has 0 aliphatic carbocycles. The average molecular weight is 305 g/mol. The molecule has 2 amide bonds. The van der Waals surface area contributed by atoms with Gasteiger partial charge in [0.25, 0.3) is 5.91 Å². The third-order valence-corrected chi connectivity index (χ3v) is 2.10. The van der Waals surface area contributed by atoms with Gasteiger partial charge in [-0.25, -0.2) is 9.97 Å².